The third-order valence-electron chi connectivity index (χ3n) is 3.80. The molecule has 3 heterocycles. The van der Waals surface area contributed by atoms with Crippen molar-refractivity contribution in [3.63, 3.8) is 0 Å². The Kier molecular flexibility index (Phi) is 4.54. The number of β-amino-alcohol motifs (C(OH)–C–C–N with tert-alkyl or cyclic N) is 1. The quantitative estimate of drug-likeness (QED) is 0.878. The zero-order chi connectivity index (χ0) is 14.8. The molecule has 0 unspecified atom stereocenters. The molecule has 1 fully saturated rings. The number of piperidine rings is 1. The molecule has 0 radical (unpaired) electrons. The van der Waals surface area contributed by atoms with Crippen LogP contribution >= 0.6 is 23.6 Å². The van der Waals surface area contributed by atoms with E-state index in [1.165, 1.54) is 0 Å². The van der Waals surface area contributed by atoms with E-state index in [2.05, 4.69) is 27.8 Å². The monoisotopic (exact) mass is 324 g/mol. The van der Waals surface area contributed by atoms with Gasteiger partial charge in [0.25, 0.3) is 0 Å². The molecule has 0 bridgehead atoms. The first-order chi connectivity index (χ1) is 10.2. The number of aliphatic hydroxyl groups excluding tert-OH is 1. The summed E-state index contributed by atoms with van der Waals surface area (Å²) in [5.74, 6) is 0.940. The highest BCUT2D eigenvalue weighted by Crippen LogP contribution is 2.24. The molecule has 5 nitrogen and oxygen atoms in total. The molecule has 0 aromatic carbocycles. The minimum absolute atomic E-state index is 0.224. The predicted octanol–water partition coefficient (Wildman–Crippen LogP) is 2.58. The number of nitrogens with zero attached hydrogens (tertiary/aromatic N) is 4. The predicted molar refractivity (Wildman–Crippen MR) is 86.9 cm³/mol. The highest BCUT2D eigenvalue weighted by molar-refractivity contribution is 7.71. The number of hydrogen-bond acceptors (Lipinski definition) is 5. The topological polar surface area (TPSA) is 46.2 Å². The number of hydrogen-bond donors (Lipinski definition) is 1. The summed E-state index contributed by atoms with van der Waals surface area (Å²) in [5, 5.41) is 16.5. The summed E-state index contributed by atoms with van der Waals surface area (Å²) < 4.78 is 4.70. The van der Waals surface area contributed by atoms with Gasteiger partial charge in [-0.3, -0.25) is 9.47 Å². The molecule has 0 saturated carbocycles. The number of likely N-dealkylation sites (tertiary alicyclic amines) is 1. The fourth-order valence-electron chi connectivity index (χ4n) is 2.76. The lowest BCUT2D eigenvalue weighted by molar-refractivity contribution is 0.0513. The van der Waals surface area contributed by atoms with Crippen LogP contribution in [0.25, 0.3) is 10.7 Å². The van der Waals surface area contributed by atoms with E-state index in [4.69, 9.17) is 17.3 Å². The number of aliphatic hydroxyl groups is 1. The van der Waals surface area contributed by atoms with Crippen LogP contribution in [0.1, 0.15) is 19.8 Å². The Morgan fingerprint density at radius 3 is 3.05 bits per heavy atom. The van der Waals surface area contributed by atoms with E-state index in [0.29, 0.717) is 13.2 Å². The lowest BCUT2D eigenvalue weighted by Gasteiger charge is -2.29. The molecule has 1 N–H and O–H groups in total. The molecule has 2 aromatic heterocycles. The van der Waals surface area contributed by atoms with Gasteiger partial charge in [0.1, 0.15) is 0 Å². The van der Waals surface area contributed by atoms with E-state index in [9.17, 15) is 5.11 Å². The van der Waals surface area contributed by atoms with Crippen molar-refractivity contribution in [3.8, 4) is 10.7 Å². The maximum atomic E-state index is 9.78. The van der Waals surface area contributed by atoms with Crippen molar-refractivity contribution in [1.29, 1.82) is 0 Å². The van der Waals surface area contributed by atoms with Crippen LogP contribution in [0.3, 0.4) is 0 Å². The molecule has 1 aliphatic heterocycles. The second-order valence-corrected chi connectivity index (χ2v) is 6.65. The molecule has 2 aromatic rings. The van der Waals surface area contributed by atoms with Crippen LogP contribution in [0, 0.1) is 4.77 Å². The van der Waals surface area contributed by atoms with E-state index in [1.807, 2.05) is 10.7 Å². The van der Waals surface area contributed by atoms with Crippen LogP contribution in [-0.2, 0) is 13.2 Å². The van der Waals surface area contributed by atoms with Gasteiger partial charge >= 0.3 is 0 Å². The summed E-state index contributed by atoms with van der Waals surface area (Å²) >= 11 is 7.24. The molecule has 0 amide bonds. The average Bonchev–Trinajstić information content (AvgIpc) is 3.08. The van der Waals surface area contributed by atoms with Crippen LogP contribution in [-0.4, -0.2) is 43.5 Å². The van der Waals surface area contributed by atoms with Crippen molar-refractivity contribution in [2.24, 2.45) is 0 Å². The highest BCUT2D eigenvalue weighted by atomic mass is 32.1. The van der Waals surface area contributed by atoms with Crippen molar-refractivity contribution in [1.82, 2.24) is 19.2 Å². The summed E-state index contributed by atoms with van der Waals surface area (Å²) in [6.45, 7) is 5.25. The van der Waals surface area contributed by atoms with Crippen molar-refractivity contribution in [3.05, 3.63) is 22.3 Å². The maximum absolute atomic E-state index is 9.78. The summed E-state index contributed by atoms with van der Waals surface area (Å²) in [5.41, 5.74) is 0. The van der Waals surface area contributed by atoms with Crippen molar-refractivity contribution in [2.75, 3.05) is 13.1 Å². The van der Waals surface area contributed by atoms with Crippen LogP contribution in [0.2, 0.25) is 0 Å². The van der Waals surface area contributed by atoms with Gasteiger partial charge in [0, 0.05) is 19.6 Å². The molecule has 1 saturated heterocycles. The molecule has 1 atom stereocenters. The molecule has 114 valence electrons. The van der Waals surface area contributed by atoms with E-state index >= 15 is 0 Å². The Morgan fingerprint density at radius 2 is 2.38 bits per heavy atom. The Morgan fingerprint density at radius 1 is 1.52 bits per heavy atom. The molecule has 0 spiro atoms. The second kappa shape index (κ2) is 6.39. The van der Waals surface area contributed by atoms with Crippen LogP contribution in [0.4, 0.5) is 0 Å². The van der Waals surface area contributed by atoms with Gasteiger partial charge in [0.2, 0.25) is 0 Å². The molecule has 7 heteroatoms. The Bertz CT molecular complexity index is 646. The van der Waals surface area contributed by atoms with Crippen LogP contribution in [0.15, 0.2) is 17.5 Å². The van der Waals surface area contributed by atoms with E-state index in [1.54, 1.807) is 11.3 Å². The van der Waals surface area contributed by atoms with E-state index in [-0.39, 0.29) is 6.10 Å². The average molecular weight is 324 g/mol. The molecule has 1 aliphatic rings. The van der Waals surface area contributed by atoms with Gasteiger partial charge in [0.15, 0.2) is 10.6 Å². The summed E-state index contributed by atoms with van der Waals surface area (Å²) in [6.07, 6.45) is 1.70. The molecule has 21 heavy (non-hydrogen) atoms. The number of thiophene rings is 1. The normalized spacial score (nSPS) is 20.0. The van der Waals surface area contributed by atoms with Gasteiger partial charge in [-0.15, -0.1) is 16.4 Å². The zero-order valence-corrected chi connectivity index (χ0v) is 13.7. The summed E-state index contributed by atoms with van der Waals surface area (Å²) in [6, 6.07) is 4.10. The van der Waals surface area contributed by atoms with Gasteiger partial charge in [-0.1, -0.05) is 6.07 Å². The fourth-order valence-corrected chi connectivity index (χ4v) is 3.79. The highest BCUT2D eigenvalue weighted by Gasteiger charge is 2.20. The van der Waals surface area contributed by atoms with Crippen molar-refractivity contribution >= 4 is 23.6 Å². The lowest BCUT2D eigenvalue weighted by atomic mass is 10.1. The van der Waals surface area contributed by atoms with Crippen LogP contribution in [0.5, 0.6) is 0 Å². The molecule has 0 aliphatic carbocycles. The third-order valence-corrected chi connectivity index (χ3v) is 5.09. The standard InChI is InChI=1S/C14H20N4OS2/c1-2-17-13(12-6-4-8-21-12)15-18(14(17)20)10-16-7-3-5-11(19)9-16/h4,6,8,11,19H,2-3,5,7,9-10H2,1H3/t11-/m1/s1. The zero-order valence-electron chi connectivity index (χ0n) is 12.1. The third kappa shape index (κ3) is 3.11. The number of aromatic nitrogens is 3. The smallest absolute Gasteiger partial charge is 0.199 e. The van der Waals surface area contributed by atoms with E-state index < -0.39 is 0 Å². The van der Waals surface area contributed by atoms with Gasteiger partial charge in [0.05, 0.1) is 17.6 Å². The summed E-state index contributed by atoms with van der Waals surface area (Å²) in [4.78, 5) is 3.36. The van der Waals surface area contributed by atoms with Gasteiger partial charge < -0.3 is 5.11 Å². The first-order valence-corrected chi connectivity index (χ1v) is 8.59. The van der Waals surface area contributed by atoms with Crippen molar-refractivity contribution < 1.29 is 5.11 Å². The number of rotatable bonds is 4. The van der Waals surface area contributed by atoms with Gasteiger partial charge in [-0.2, -0.15) is 0 Å². The summed E-state index contributed by atoms with van der Waals surface area (Å²) in [7, 11) is 0. The first-order valence-electron chi connectivity index (χ1n) is 7.31. The largest absolute Gasteiger partial charge is 0.392 e. The minimum atomic E-state index is -0.224. The first kappa shape index (κ1) is 14.9. The Balaban J connectivity index is 1.87. The maximum Gasteiger partial charge on any atom is 0.199 e. The van der Waals surface area contributed by atoms with Gasteiger partial charge in [-0.25, -0.2) is 4.68 Å². The van der Waals surface area contributed by atoms with Crippen LogP contribution < -0.4 is 0 Å². The van der Waals surface area contributed by atoms with Gasteiger partial charge in [-0.05, 0) is 43.4 Å². The Labute approximate surface area is 133 Å². The minimum Gasteiger partial charge on any atom is -0.392 e. The molecular formula is C14H20N4OS2. The SMILES string of the molecule is CCn1c(-c2cccs2)nn(CN2CCC[C@@H](O)C2)c1=S. The fraction of sp³-hybridized carbons (Fsp3) is 0.571. The lowest BCUT2D eigenvalue weighted by Crippen LogP contribution is -2.39. The molecular weight excluding hydrogens is 304 g/mol. The van der Waals surface area contributed by atoms with E-state index in [0.717, 1.165) is 41.4 Å². The Hall–Kier alpha value is -1.02. The molecule has 3 rings (SSSR count). The van der Waals surface area contributed by atoms with Crippen molar-refractivity contribution in [2.45, 2.75) is 39.1 Å². The second-order valence-electron chi connectivity index (χ2n) is 5.34.